The number of carbonyl (C=O) groups is 1. The number of benzene rings is 1. The molecule has 1 amide bonds. The van der Waals surface area contributed by atoms with Crippen LogP contribution in [0, 0.1) is 0 Å². The van der Waals surface area contributed by atoms with Crippen LogP contribution < -0.4 is 10.9 Å². The van der Waals surface area contributed by atoms with Gasteiger partial charge in [-0.05, 0) is 56.2 Å². The molecule has 8 heteroatoms. The fourth-order valence-electron chi connectivity index (χ4n) is 4.56. The van der Waals surface area contributed by atoms with Crippen LogP contribution >= 0.6 is 34.9 Å². The van der Waals surface area contributed by atoms with Crippen molar-refractivity contribution in [2.75, 3.05) is 11.1 Å². The third kappa shape index (κ3) is 4.92. The summed E-state index contributed by atoms with van der Waals surface area (Å²) in [6, 6.07) is 8.07. The number of H-pyrrole nitrogens is 1. The molecule has 0 saturated heterocycles. The summed E-state index contributed by atoms with van der Waals surface area (Å²) in [7, 11) is 0. The maximum atomic E-state index is 12.7. The highest BCUT2D eigenvalue weighted by Crippen LogP contribution is 2.38. The summed E-state index contributed by atoms with van der Waals surface area (Å²) in [5, 5.41) is 4.51. The Kier molecular flexibility index (Phi) is 6.90. The Hall–Kier alpha value is -1.77. The lowest BCUT2D eigenvalue weighted by Crippen LogP contribution is -2.16. The lowest BCUT2D eigenvalue weighted by molar-refractivity contribution is -0.113. The quantitative estimate of drug-likeness (QED) is 0.444. The Bertz CT molecular complexity index is 1180. The summed E-state index contributed by atoms with van der Waals surface area (Å²) in [4.78, 5) is 36.2. The van der Waals surface area contributed by atoms with Gasteiger partial charge < -0.3 is 10.3 Å². The van der Waals surface area contributed by atoms with Gasteiger partial charge in [-0.25, -0.2) is 4.98 Å². The molecule has 0 radical (unpaired) electrons. The van der Waals surface area contributed by atoms with Gasteiger partial charge in [-0.1, -0.05) is 25.0 Å². The Morgan fingerprint density at radius 2 is 1.97 bits per heavy atom. The number of aryl methyl sites for hydroxylation is 2. The van der Waals surface area contributed by atoms with Gasteiger partial charge in [0.15, 0.2) is 0 Å². The number of hydrogen-bond acceptors (Lipinski definition) is 6. The summed E-state index contributed by atoms with van der Waals surface area (Å²) in [5.41, 5.74) is 2.07. The molecule has 3 aromatic rings. The number of amides is 1. The standard InChI is InChI=1S/C24H27N3O2S3/c28-21(25-17-10-4-6-12-19(17)31-15-7-1-2-8-15)14-30-13-20-26-23(29)22-16-9-3-5-11-18(16)32-24(22)27-20/h4,6,10,12,15H,1-3,5,7-9,11,13-14H2,(H,25,28)(H,26,27,29). The molecule has 168 valence electrons. The number of aromatic amines is 1. The van der Waals surface area contributed by atoms with Crippen molar-refractivity contribution in [1.82, 2.24) is 9.97 Å². The topological polar surface area (TPSA) is 74.8 Å². The zero-order valence-corrected chi connectivity index (χ0v) is 20.4. The smallest absolute Gasteiger partial charge is 0.259 e. The number of para-hydroxylation sites is 1. The van der Waals surface area contributed by atoms with Gasteiger partial charge in [0.2, 0.25) is 5.91 Å². The second-order valence-electron chi connectivity index (χ2n) is 8.47. The number of anilines is 1. The Balaban J connectivity index is 1.19. The molecule has 2 heterocycles. The molecule has 32 heavy (non-hydrogen) atoms. The van der Waals surface area contributed by atoms with E-state index in [2.05, 4.69) is 16.4 Å². The number of thioether (sulfide) groups is 2. The zero-order chi connectivity index (χ0) is 21.9. The van der Waals surface area contributed by atoms with Crippen molar-refractivity contribution >= 4 is 56.7 Å². The first-order chi connectivity index (χ1) is 15.7. The fourth-order valence-corrected chi connectivity index (χ4v) is 7.86. The van der Waals surface area contributed by atoms with E-state index in [9.17, 15) is 9.59 Å². The first kappa shape index (κ1) is 22.0. The average Bonchev–Trinajstić information content (AvgIpc) is 3.42. The van der Waals surface area contributed by atoms with Crippen LogP contribution in [-0.4, -0.2) is 26.9 Å². The van der Waals surface area contributed by atoms with Crippen molar-refractivity contribution in [2.24, 2.45) is 0 Å². The molecule has 1 saturated carbocycles. The maximum absolute atomic E-state index is 12.7. The molecule has 2 aromatic heterocycles. The molecule has 2 aliphatic carbocycles. The minimum absolute atomic E-state index is 0.0236. The molecule has 1 aromatic carbocycles. The van der Waals surface area contributed by atoms with E-state index in [1.165, 1.54) is 54.3 Å². The second kappa shape index (κ2) is 10.0. The van der Waals surface area contributed by atoms with Crippen molar-refractivity contribution in [2.45, 2.75) is 67.3 Å². The summed E-state index contributed by atoms with van der Waals surface area (Å²) < 4.78 is 0. The number of aromatic nitrogens is 2. The predicted octanol–water partition coefficient (Wildman–Crippen LogP) is 5.77. The highest BCUT2D eigenvalue weighted by molar-refractivity contribution is 8.00. The number of nitrogens with one attached hydrogen (secondary N) is 2. The van der Waals surface area contributed by atoms with E-state index in [4.69, 9.17) is 4.98 Å². The van der Waals surface area contributed by atoms with Crippen LogP contribution in [0.25, 0.3) is 10.2 Å². The maximum Gasteiger partial charge on any atom is 0.259 e. The lowest BCUT2D eigenvalue weighted by atomic mass is 9.97. The number of carbonyl (C=O) groups excluding carboxylic acids is 1. The molecule has 0 aliphatic heterocycles. The van der Waals surface area contributed by atoms with Crippen LogP contribution in [0.3, 0.4) is 0 Å². The molecule has 0 bridgehead atoms. The molecule has 0 unspecified atom stereocenters. The highest BCUT2D eigenvalue weighted by atomic mass is 32.2. The predicted molar refractivity (Wildman–Crippen MR) is 136 cm³/mol. The van der Waals surface area contributed by atoms with Crippen LogP contribution in [0.1, 0.15) is 54.8 Å². The molecule has 2 aliphatic rings. The number of thiophene rings is 1. The van der Waals surface area contributed by atoms with E-state index in [0.717, 1.165) is 40.1 Å². The molecule has 0 spiro atoms. The minimum atomic E-state index is -0.0349. The first-order valence-corrected chi connectivity index (χ1v) is 14.2. The van der Waals surface area contributed by atoms with Gasteiger partial charge in [0.05, 0.1) is 22.6 Å². The van der Waals surface area contributed by atoms with Crippen molar-refractivity contribution in [1.29, 1.82) is 0 Å². The van der Waals surface area contributed by atoms with E-state index < -0.39 is 0 Å². The number of rotatable bonds is 7. The fraction of sp³-hybridized carbons (Fsp3) is 0.458. The normalized spacial score (nSPS) is 16.4. The van der Waals surface area contributed by atoms with E-state index in [1.54, 1.807) is 11.3 Å². The van der Waals surface area contributed by atoms with E-state index >= 15 is 0 Å². The average molecular weight is 486 g/mol. The summed E-state index contributed by atoms with van der Waals surface area (Å²) in [6.45, 7) is 0. The lowest BCUT2D eigenvalue weighted by Gasteiger charge is -2.14. The van der Waals surface area contributed by atoms with Crippen LogP contribution in [0.2, 0.25) is 0 Å². The Morgan fingerprint density at radius 3 is 2.84 bits per heavy atom. The van der Waals surface area contributed by atoms with Crippen molar-refractivity contribution < 1.29 is 4.79 Å². The summed E-state index contributed by atoms with van der Waals surface area (Å²) in [6.07, 6.45) is 9.50. The molecule has 5 rings (SSSR count). The van der Waals surface area contributed by atoms with E-state index in [1.807, 2.05) is 30.0 Å². The largest absolute Gasteiger partial charge is 0.324 e. The first-order valence-electron chi connectivity index (χ1n) is 11.3. The summed E-state index contributed by atoms with van der Waals surface area (Å²) >= 11 is 5.02. The third-order valence-electron chi connectivity index (χ3n) is 6.10. The van der Waals surface area contributed by atoms with Crippen molar-refractivity contribution in [3.8, 4) is 0 Å². The van der Waals surface area contributed by atoms with Crippen LogP contribution in [0.15, 0.2) is 34.0 Å². The van der Waals surface area contributed by atoms with Crippen molar-refractivity contribution in [3.63, 3.8) is 0 Å². The van der Waals surface area contributed by atoms with Gasteiger partial charge in [-0.2, -0.15) is 0 Å². The van der Waals surface area contributed by atoms with Gasteiger partial charge in [0, 0.05) is 15.0 Å². The number of fused-ring (bicyclic) bond motifs is 3. The SMILES string of the molecule is O=C(CSCc1nc2sc3c(c2c(=O)[nH]1)CCCC3)Nc1ccccc1SC1CCCC1. The Labute approximate surface area is 200 Å². The van der Waals surface area contributed by atoms with Gasteiger partial charge >= 0.3 is 0 Å². The second-order valence-corrected chi connectivity index (χ2v) is 11.9. The molecular weight excluding hydrogens is 458 g/mol. The van der Waals surface area contributed by atoms with E-state index in [-0.39, 0.29) is 11.5 Å². The van der Waals surface area contributed by atoms with Crippen LogP contribution in [0.4, 0.5) is 5.69 Å². The van der Waals surface area contributed by atoms with Crippen LogP contribution in [-0.2, 0) is 23.4 Å². The molecule has 0 atom stereocenters. The zero-order valence-electron chi connectivity index (χ0n) is 17.9. The van der Waals surface area contributed by atoms with Gasteiger partial charge in [-0.15, -0.1) is 34.9 Å². The molecule has 1 fully saturated rings. The third-order valence-corrected chi connectivity index (χ3v) is 9.65. The van der Waals surface area contributed by atoms with E-state index in [0.29, 0.717) is 22.6 Å². The highest BCUT2D eigenvalue weighted by Gasteiger charge is 2.20. The Morgan fingerprint density at radius 1 is 1.16 bits per heavy atom. The van der Waals surface area contributed by atoms with Crippen molar-refractivity contribution in [3.05, 3.63) is 50.9 Å². The molecule has 2 N–H and O–H groups in total. The number of nitrogens with zero attached hydrogens (tertiary/aromatic N) is 1. The monoisotopic (exact) mass is 485 g/mol. The number of hydrogen-bond donors (Lipinski definition) is 2. The van der Waals surface area contributed by atoms with Crippen LogP contribution in [0.5, 0.6) is 0 Å². The van der Waals surface area contributed by atoms with Gasteiger partial charge in [0.1, 0.15) is 10.7 Å². The summed E-state index contributed by atoms with van der Waals surface area (Å²) in [5.74, 6) is 1.46. The van der Waals surface area contributed by atoms with Gasteiger partial charge in [-0.3, -0.25) is 9.59 Å². The molecular formula is C24H27N3O2S3. The minimum Gasteiger partial charge on any atom is -0.324 e. The van der Waals surface area contributed by atoms with Gasteiger partial charge in [0.25, 0.3) is 5.56 Å². The molecule has 5 nitrogen and oxygen atoms in total.